The van der Waals surface area contributed by atoms with Gasteiger partial charge in [-0.1, -0.05) is 42.5 Å². The minimum absolute atomic E-state index is 0.0814. The third-order valence-electron chi connectivity index (χ3n) is 5.23. The van der Waals surface area contributed by atoms with Gasteiger partial charge in [0.2, 0.25) is 0 Å². The topological polar surface area (TPSA) is 70.2 Å². The number of carbonyl (C=O) groups excluding carboxylic acids is 2. The monoisotopic (exact) mass is 413 g/mol. The summed E-state index contributed by atoms with van der Waals surface area (Å²) in [5, 5.41) is 9.35. The van der Waals surface area contributed by atoms with Crippen LogP contribution in [-0.4, -0.2) is 17.9 Å². The Kier molecular flexibility index (Phi) is 6.03. The summed E-state index contributed by atoms with van der Waals surface area (Å²) in [7, 11) is 0. The standard InChI is InChI=1S/C26H27N3O2/c1-17-13-18(2)15-23(14-17)29-26(31)24(19-7-4-3-5-8-19)27-22-10-6-9-20(16-22)25(30)28-21-11-12-21/h3-10,13-16,21,24,27H,11-12H2,1-2H3,(H,28,30)(H,29,31). The van der Waals surface area contributed by atoms with Crippen LogP contribution in [0.1, 0.15) is 45.9 Å². The average molecular weight is 414 g/mol. The fourth-order valence-corrected chi connectivity index (χ4v) is 3.62. The Bertz CT molecular complexity index is 1070. The molecule has 0 radical (unpaired) electrons. The first kappa shape index (κ1) is 20.7. The normalized spacial score (nSPS) is 13.9. The van der Waals surface area contributed by atoms with Crippen LogP contribution in [0, 0.1) is 13.8 Å². The molecule has 0 bridgehead atoms. The maximum atomic E-state index is 13.3. The molecule has 31 heavy (non-hydrogen) atoms. The Balaban J connectivity index is 1.57. The molecule has 4 rings (SSSR count). The molecule has 3 N–H and O–H groups in total. The molecule has 1 atom stereocenters. The fraction of sp³-hybridized carbons (Fsp3) is 0.231. The first-order chi connectivity index (χ1) is 15.0. The second-order valence-electron chi connectivity index (χ2n) is 8.18. The minimum atomic E-state index is -0.608. The van der Waals surface area contributed by atoms with Crippen molar-refractivity contribution in [2.24, 2.45) is 0 Å². The summed E-state index contributed by atoms with van der Waals surface area (Å²) in [6, 6.07) is 22.5. The van der Waals surface area contributed by atoms with Gasteiger partial charge in [0.05, 0.1) is 0 Å². The van der Waals surface area contributed by atoms with E-state index in [0.717, 1.165) is 35.2 Å². The lowest BCUT2D eigenvalue weighted by Gasteiger charge is -2.21. The van der Waals surface area contributed by atoms with E-state index in [4.69, 9.17) is 0 Å². The van der Waals surface area contributed by atoms with Gasteiger partial charge in [0.1, 0.15) is 6.04 Å². The van der Waals surface area contributed by atoms with Crippen molar-refractivity contribution in [1.82, 2.24) is 5.32 Å². The van der Waals surface area contributed by atoms with Gasteiger partial charge in [-0.3, -0.25) is 9.59 Å². The van der Waals surface area contributed by atoms with Gasteiger partial charge in [0.25, 0.3) is 11.8 Å². The predicted octanol–water partition coefficient (Wildman–Crippen LogP) is 4.99. The van der Waals surface area contributed by atoms with Crippen LogP contribution in [0.2, 0.25) is 0 Å². The lowest BCUT2D eigenvalue weighted by Crippen LogP contribution is -2.28. The third kappa shape index (κ3) is 5.51. The highest BCUT2D eigenvalue weighted by molar-refractivity contribution is 5.98. The van der Waals surface area contributed by atoms with Crippen molar-refractivity contribution in [1.29, 1.82) is 0 Å². The maximum Gasteiger partial charge on any atom is 0.251 e. The van der Waals surface area contributed by atoms with Crippen LogP contribution in [0.25, 0.3) is 0 Å². The molecule has 0 aliphatic heterocycles. The molecule has 0 saturated heterocycles. The van der Waals surface area contributed by atoms with Gasteiger partial charge >= 0.3 is 0 Å². The lowest BCUT2D eigenvalue weighted by atomic mass is 10.0. The number of hydrogen-bond donors (Lipinski definition) is 3. The molecule has 3 aromatic rings. The molecule has 2 amide bonds. The van der Waals surface area contributed by atoms with Gasteiger partial charge in [0, 0.05) is 23.0 Å². The van der Waals surface area contributed by atoms with Crippen LogP contribution >= 0.6 is 0 Å². The SMILES string of the molecule is Cc1cc(C)cc(NC(=O)C(Nc2cccc(C(=O)NC3CC3)c2)c2ccccc2)c1. The molecule has 1 fully saturated rings. The van der Waals surface area contributed by atoms with E-state index in [0.29, 0.717) is 17.3 Å². The van der Waals surface area contributed by atoms with Crippen LogP contribution in [-0.2, 0) is 4.79 Å². The fourth-order valence-electron chi connectivity index (χ4n) is 3.62. The van der Waals surface area contributed by atoms with E-state index in [2.05, 4.69) is 22.0 Å². The van der Waals surface area contributed by atoms with Crippen molar-refractivity contribution in [3.05, 3.63) is 95.1 Å². The van der Waals surface area contributed by atoms with Crippen molar-refractivity contribution in [2.75, 3.05) is 10.6 Å². The zero-order valence-corrected chi connectivity index (χ0v) is 17.8. The predicted molar refractivity (Wildman–Crippen MR) is 124 cm³/mol. The van der Waals surface area contributed by atoms with Gasteiger partial charge in [-0.15, -0.1) is 0 Å². The Morgan fingerprint density at radius 1 is 0.839 bits per heavy atom. The number of aryl methyl sites for hydroxylation is 2. The van der Waals surface area contributed by atoms with E-state index in [9.17, 15) is 9.59 Å². The summed E-state index contributed by atoms with van der Waals surface area (Å²) in [5.74, 6) is -0.244. The van der Waals surface area contributed by atoms with Gasteiger partial charge in [-0.05, 0) is 73.7 Å². The average Bonchev–Trinajstić information content (AvgIpc) is 3.56. The van der Waals surface area contributed by atoms with E-state index in [-0.39, 0.29) is 11.8 Å². The van der Waals surface area contributed by atoms with Crippen molar-refractivity contribution in [3.63, 3.8) is 0 Å². The number of amides is 2. The van der Waals surface area contributed by atoms with Gasteiger partial charge < -0.3 is 16.0 Å². The van der Waals surface area contributed by atoms with Crippen LogP contribution in [0.4, 0.5) is 11.4 Å². The largest absolute Gasteiger partial charge is 0.370 e. The van der Waals surface area contributed by atoms with Crippen molar-refractivity contribution >= 4 is 23.2 Å². The second kappa shape index (κ2) is 9.04. The van der Waals surface area contributed by atoms with E-state index < -0.39 is 6.04 Å². The molecule has 5 heteroatoms. The second-order valence-corrected chi connectivity index (χ2v) is 8.18. The number of carbonyl (C=O) groups is 2. The summed E-state index contributed by atoms with van der Waals surface area (Å²) in [6.45, 7) is 4.02. The maximum absolute atomic E-state index is 13.3. The summed E-state index contributed by atoms with van der Waals surface area (Å²) >= 11 is 0. The zero-order valence-electron chi connectivity index (χ0n) is 17.8. The van der Waals surface area contributed by atoms with Crippen LogP contribution in [0.3, 0.4) is 0 Å². The number of nitrogens with one attached hydrogen (secondary N) is 3. The molecule has 1 aliphatic rings. The molecule has 158 valence electrons. The van der Waals surface area contributed by atoms with Crippen LogP contribution < -0.4 is 16.0 Å². The molecule has 0 aromatic heterocycles. The first-order valence-electron chi connectivity index (χ1n) is 10.6. The Hall–Kier alpha value is -3.60. The summed E-state index contributed by atoms with van der Waals surface area (Å²) in [4.78, 5) is 25.7. The van der Waals surface area contributed by atoms with E-state index in [1.165, 1.54) is 0 Å². The Morgan fingerprint density at radius 2 is 1.55 bits per heavy atom. The van der Waals surface area contributed by atoms with Crippen molar-refractivity contribution in [3.8, 4) is 0 Å². The van der Waals surface area contributed by atoms with Crippen LogP contribution in [0.15, 0.2) is 72.8 Å². The molecule has 0 heterocycles. The van der Waals surface area contributed by atoms with E-state index in [1.807, 2.05) is 68.4 Å². The molecular weight excluding hydrogens is 386 g/mol. The highest BCUT2D eigenvalue weighted by atomic mass is 16.2. The zero-order chi connectivity index (χ0) is 21.8. The molecule has 3 aromatic carbocycles. The smallest absolute Gasteiger partial charge is 0.251 e. The van der Waals surface area contributed by atoms with Crippen LogP contribution in [0.5, 0.6) is 0 Å². The van der Waals surface area contributed by atoms with Gasteiger partial charge in [-0.2, -0.15) is 0 Å². The molecule has 0 spiro atoms. The first-order valence-corrected chi connectivity index (χ1v) is 10.6. The van der Waals surface area contributed by atoms with Crippen molar-refractivity contribution in [2.45, 2.75) is 38.8 Å². The third-order valence-corrected chi connectivity index (χ3v) is 5.23. The summed E-state index contributed by atoms with van der Waals surface area (Å²) in [5.41, 5.74) is 5.09. The summed E-state index contributed by atoms with van der Waals surface area (Å²) < 4.78 is 0. The highest BCUT2D eigenvalue weighted by Crippen LogP contribution is 2.24. The van der Waals surface area contributed by atoms with Gasteiger partial charge in [-0.25, -0.2) is 0 Å². The number of benzene rings is 3. The molecule has 1 aliphatic carbocycles. The van der Waals surface area contributed by atoms with Gasteiger partial charge in [0.15, 0.2) is 0 Å². The molecular formula is C26H27N3O2. The van der Waals surface area contributed by atoms with Crippen molar-refractivity contribution < 1.29 is 9.59 Å². The number of rotatable bonds is 7. The summed E-state index contributed by atoms with van der Waals surface area (Å²) in [6.07, 6.45) is 2.08. The Morgan fingerprint density at radius 3 is 2.23 bits per heavy atom. The van der Waals surface area contributed by atoms with E-state index >= 15 is 0 Å². The number of anilines is 2. The highest BCUT2D eigenvalue weighted by Gasteiger charge is 2.24. The molecule has 1 saturated carbocycles. The molecule has 1 unspecified atom stereocenters. The Labute approximate surface area is 182 Å². The lowest BCUT2D eigenvalue weighted by molar-refractivity contribution is -0.117. The van der Waals surface area contributed by atoms with E-state index in [1.54, 1.807) is 12.1 Å². The quantitative estimate of drug-likeness (QED) is 0.511. The minimum Gasteiger partial charge on any atom is -0.370 e. The molecule has 5 nitrogen and oxygen atoms in total. The number of hydrogen-bond acceptors (Lipinski definition) is 3.